The maximum atomic E-state index is 14.0. The number of nitrogens with two attached hydrogens (primary N) is 1. The second-order valence-electron chi connectivity index (χ2n) is 3.64. The zero-order valence-electron chi connectivity index (χ0n) is 8.77. The summed E-state index contributed by atoms with van der Waals surface area (Å²) < 4.78 is 14.0. The second kappa shape index (κ2) is 5.20. The largest absolute Gasteiger partial charge is 0.367 e. The molecule has 0 aromatic heterocycles. The summed E-state index contributed by atoms with van der Waals surface area (Å²) in [5, 5.41) is 0. The Kier molecular flexibility index (Phi) is 4.96. The van der Waals surface area contributed by atoms with Gasteiger partial charge in [-0.1, -0.05) is 27.2 Å². The zero-order chi connectivity index (χ0) is 10.5. The third-order valence-corrected chi connectivity index (χ3v) is 2.70. The number of carbonyl (C=O) groups is 1. The third-order valence-electron chi connectivity index (χ3n) is 2.70. The Morgan fingerprint density at radius 1 is 1.54 bits per heavy atom. The van der Waals surface area contributed by atoms with Crippen molar-refractivity contribution in [1.82, 2.24) is 0 Å². The van der Waals surface area contributed by atoms with Crippen molar-refractivity contribution >= 4 is 5.91 Å². The van der Waals surface area contributed by atoms with E-state index in [4.69, 9.17) is 5.73 Å². The van der Waals surface area contributed by atoms with E-state index in [2.05, 4.69) is 0 Å². The molecule has 0 bridgehead atoms. The van der Waals surface area contributed by atoms with Gasteiger partial charge in [0.15, 0.2) is 5.67 Å². The van der Waals surface area contributed by atoms with Gasteiger partial charge in [0.2, 0.25) is 0 Å². The van der Waals surface area contributed by atoms with Crippen LogP contribution in [0, 0.1) is 5.92 Å². The highest BCUT2D eigenvalue weighted by molar-refractivity contribution is 5.83. The van der Waals surface area contributed by atoms with Crippen LogP contribution >= 0.6 is 0 Å². The Labute approximate surface area is 79.7 Å². The number of hydrogen-bond donors (Lipinski definition) is 1. The van der Waals surface area contributed by atoms with Gasteiger partial charge in [-0.3, -0.25) is 4.79 Å². The van der Waals surface area contributed by atoms with Gasteiger partial charge in [0.25, 0.3) is 5.91 Å². The second-order valence-corrected chi connectivity index (χ2v) is 3.64. The quantitative estimate of drug-likeness (QED) is 0.685. The molecule has 2 atom stereocenters. The van der Waals surface area contributed by atoms with Crippen molar-refractivity contribution in [1.29, 1.82) is 0 Å². The van der Waals surface area contributed by atoms with Gasteiger partial charge in [0.05, 0.1) is 0 Å². The molecule has 0 aliphatic rings. The average molecular weight is 189 g/mol. The van der Waals surface area contributed by atoms with Crippen molar-refractivity contribution in [3.63, 3.8) is 0 Å². The fraction of sp³-hybridized carbons (Fsp3) is 0.900. The number of carbonyl (C=O) groups excluding carboxylic acids is 1. The summed E-state index contributed by atoms with van der Waals surface area (Å²) >= 11 is 0. The van der Waals surface area contributed by atoms with Crippen molar-refractivity contribution in [3.8, 4) is 0 Å². The molecule has 2 unspecified atom stereocenters. The number of alkyl halides is 1. The van der Waals surface area contributed by atoms with Gasteiger partial charge < -0.3 is 5.73 Å². The Hall–Kier alpha value is -0.600. The predicted octanol–water partition coefficient (Wildman–Crippen LogP) is 2.42. The molecule has 0 aliphatic heterocycles. The normalized spacial score (nSPS) is 17.8. The molecule has 1 amide bonds. The van der Waals surface area contributed by atoms with E-state index in [1.54, 1.807) is 6.92 Å². The molecule has 0 radical (unpaired) electrons. The molecule has 0 rings (SSSR count). The molecular formula is C10H20FNO. The van der Waals surface area contributed by atoms with E-state index in [-0.39, 0.29) is 12.3 Å². The summed E-state index contributed by atoms with van der Waals surface area (Å²) in [7, 11) is 0. The molecule has 0 fully saturated rings. The molecule has 0 aromatic carbocycles. The Bertz CT molecular complexity index is 172. The number of rotatable bonds is 6. The molecule has 0 aromatic rings. The zero-order valence-corrected chi connectivity index (χ0v) is 8.77. The summed E-state index contributed by atoms with van der Waals surface area (Å²) in [5.74, 6) is -1.09. The standard InChI is InChI=1S/C10H20FNO/c1-4-6-7-10(11,9(12)13)8(3)5-2/h8H,4-7H2,1-3H3,(H2,12,13). The predicted molar refractivity (Wildman–Crippen MR) is 52.0 cm³/mol. The first kappa shape index (κ1) is 12.4. The van der Waals surface area contributed by atoms with Crippen LogP contribution in [0.15, 0.2) is 0 Å². The molecule has 2 nitrogen and oxygen atoms in total. The number of primary amides is 1. The highest BCUT2D eigenvalue weighted by Crippen LogP contribution is 2.30. The van der Waals surface area contributed by atoms with Crippen molar-refractivity contribution in [2.45, 2.75) is 52.1 Å². The lowest BCUT2D eigenvalue weighted by molar-refractivity contribution is -0.133. The summed E-state index contributed by atoms with van der Waals surface area (Å²) in [4.78, 5) is 11.0. The monoisotopic (exact) mass is 189 g/mol. The number of amides is 1. The SMILES string of the molecule is CCCCC(F)(C(N)=O)C(C)CC. The molecule has 0 aliphatic carbocycles. The molecule has 0 saturated heterocycles. The minimum Gasteiger partial charge on any atom is -0.367 e. The van der Waals surface area contributed by atoms with Crippen LogP contribution in [0.3, 0.4) is 0 Å². The van der Waals surface area contributed by atoms with Crippen LogP contribution in [0.1, 0.15) is 46.5 Å². The highest BCUT2D eigenvalue weighted by atomic mass is 19.1. The van der Waals surface area contributed by atoms with E-state index < -0.39 is 11.6 Å². The van der Waals surface area contributed by atoms with E-state index in [1.165, 1.54) is 0 Å². The highest BCUT2D eigenvalue weighted by Gasteiger charge is 2.40. The van der Waals surface area contributed by atoms with E-state index in [0.717, 1.165) is 6.42 Å². The molecular weight excluding hydrogens is 169 g/mol. The van der Waals surface area contributed by atoms with Gasteiger partial charge in [-0.15, -0.1) is 0 Å². The van der Waals surface area contributed by atoms with Gasteiger partial charge in [-0.25, -0.2) is 4.39 Å². The van der Waals surface area contributed by atoms with Gasteiger partial charge in [0.1, 0.15) is 0 Å². The minimum atomic E-state index is -1.80. The van der Waals surface area contributed by atoms with Crippen LogP contribution in [0.25, 0.3) is 0 Å². The lowest BCUT2D eigenvalue weighted by Gasteiger charge is -2.27. The molecule has 2 N–H and O–H groups in total. The maximum absolute atomic E-state index is 14.0. The summed E-state index contributed by atoms with van der Waals surface area (Å²) in [6.45, 7) is 5.58. The molecule has 3 heteroatoms. The molecule has 78 valence electrons. The fourth-order valence-corrected chi connectivity index (χ4v) is 1.37. The summed E-state index contributed by atoms with van der Waals surface area (Å²) in [5.41, 5.74) is 3.27. The van der Waals surface area contributed by atoms with E-state index >= 15 is 0 Å². The van der Waals surface area contributed by atoms with Gasteiger partial charge in [-0.2, -0.15) is 0 Å². The van der Waals surface area contributed by atoms with E-state index in [0.29, 0.717) is 12.8 Å². The summed E-state index contributed by atoms with van der Waals surface area (Å²) in [6, 6.07) is 0. The average Bonchev–Trinajstić information content (AvgIpc) is 2.12. The van der Waals surface area contributed by atoms with Crippen LogP contribution in [0.2, 0.25) is 0 Å². The van der Waals surface area contributed by atoms with Crippen molar-refractivity contribution in [3.05, 3.63) is 0 Å². The smallest absolute Gasteiger partial charge is 0.255 e. The lowest BCUT2D eigenvalue weighted by atomic mass is 9.84. The topological polar surface area (TPSA) is 43.1 Å². The first-order chi connectivity index (χ1) is 5.99. The lowest BCUT2D eigenvalue weighted by Crippen LogP contribution is -2.45. The molecule has 0 saturated carbocycles. The van der Waals surface area contributed by atoms with Crippen LogP contribution in [0.4, 0.5) is 4.39 Å². The molecule has 0 heterocycles. The van der Waals surface area contributed by atoms with E-state index in [9.17, 15) is 9.18 Å². The molecule has 13 heavy (non-hydrogen) atoms. The fourth-order valence-electron chi connectivity index (χ4n) is 1.37. The Morgan fingerprint density at radius 3 is 2.38 bits per heavy atom. The third kappa shape index (κ3) is 2.98. The van der Waals surface area contributed by atoms with Gasteiger partial charge >= 0.3 is 0 Å². The number of unbranched alkanes of at least 4 members (excludes halogenated alkanes) is 1. The number of halogens is 1. The van der Waals surface area contributed by atoms with Crippen LogP contribution < -0.4 is 5.73 Å². The Balaban J connectivity index is 4.42. The first-order valence-corrected chi connectivity index (χ1v) is 4.97. The van der Waals surface area contributed by atoms with Crippen LogP contribution in [-0.2, 0) is 4.79 Å². The first-order valence-electron chi connectivity index (χ1n) is 4.97. The van der Waals surface area contributed by atoms with E-state index in [1.807, 2.05) is 13.8 Å². The molecule has 0 spiro atoms. The van der Waals surface area contributed by atoms with Gasteiger partial charge in [-0.05, 0) is 25.2 Å². The van der Waals surface area contributed by atoms with Crippen molar-refractivity contribution < 1.29 is 9.18 Å². The van der Waals surface area contributed by atoms with Crippen LogP contribution in [0.5, 0.6) is 0 Å². The van der Waals surface area contributed by atoms with Crippen LogP contribution in [-0.4, -0.2) is 11.6 Å². The maximum Gasteiger partial charge on any atom is 0.255 e. The van der Waals surface area contributed by atoms with Crippen molar-refractivity contribution in [2.24, 2.45) is 11.7 Å². The Morgan fingerprint density at radius 2 is 2.08 bits per heavy atom. The minimum absolute atomic E-state index is 0.258. The summed E-state index contributed by atoms with van der Waals surface area (Å²) in [6.07, 6.45) is 2.50. The van der Waals surface area contributed by atoms with Gasteiger partial charge in [0, 0.05) is 0 Å². The van der Waals surface area contributed by atoms with Crippen molar-refractivity contribution in [2.75, 3.05) is 0 Å². The number of hydrogen-bond acceptors (Lipinski definition) is 1.